The lowest BCUT2D eigenvalue weighted by Gasteiger charge is -2.26. The Kier molecular flexibility index (Phi) is 7.34. The molecule has 1 fully saturated rings. The Labute approximate surface area is 201 Å². The van der Waals surface area contributed by atoms with Crippen LogP contribution < -0.4 is 15.9 Å². The number of benzene rings is 1. The van der Waals surface area contributed by atoms with Crippen molar-refractivity contribution in [3.05, 3.63) is 33.6 Å². The number of aromatic nitrogens is 5. The first kappa shape index (κ1) is 23.6. The number of halogens is 1. The predicted molar refractivity (Wildman–Crippen MR) is 122 cm³/mol. The number of phenols is 1. The average Bonchev–Trinajstić information content (AvgIpc) is 3.43. The fourth-order valence-electron chi connectivity index (χ4n) is 3.25. The van der Waals surface area contributed by atoms with Gasteiger partial charge in [0.15, 0.2) is 17.2 Å². The normalized spacial score (nSPS) is 14.5. The summed E-state index contributed by atoms with van der Waals surface area (Å²) in [6.45, 7) is 5.03. The van der Waals surface area contributed by atoms with E-state index in [-0.39, 0.29) is 23.1 Å². The van der Waals surface area contributed by atoms with Crippen molar-refractivity contribution in [2.75, 3.05) is 38.6 Å². The van der Waals surface area contributed by atoms with Crippen LogP contribution >= 0.6 is 15.9 Å². The van der Waals surface area contributed by atoms with Gasteiger partial charge in [-0.3, -0.25) is 9.69 Å². The van der Waals surface area contributed by atoms with Crippen LogP contribution in [0, 0.1) is 0 Å². The number of nitrogens with two attached hydrogens (primary N) is 1. The van der Waals surface area contributed by atoms with Crippen LogP contribution in [0.1, 0.15) is 28.7 Å². The highest BCUT2D eigenvalue weighted by Gasteiger charge is 2.26. The summed E-state index contributed by atoms with van der Waals surface area (Å²) in [5, 5.41) is 29.4. The third-order valence-corrected chi connectivity index (χ3v) is 5.49. The molecule has 1 aliphatic rings. The fraction of sp³-hybridized carbons (Fsp3) is 0.368. The summed E-state index contributed by atoms with van der Waals surface area (Å²) in [7, 11) is 0. The quantitative estimate of drug-likeness (QED) is 0.272. The van der Waals surface area contributed by atoms with Gasteiger partial charge in [-0.1, -0.05) is 5.21 Å². The summed E-state index contributed by atoms with van der Waals surface area (Å²) < 4.78 is 17.2. The zero-order chi connectivity index (χ0) is 24.1. The molecule has 0 radical (unpaired) electrons. The van der Waals surface area contributed by atoms with Gasteiger partial charge in [0.25, 0.3) is 5.91 Å². The Balaban J connectivity index is 1.56. The van der Waals surface area contributed by atoms with Crippen molar-refractivity contribution < 1.29 is 24.0 Å². The summed E-state index contributed by atoms with van der Waals surface area (Å²) in [6.07, 6.45) is 1.41. The zero-order valence-electron chi connectivity index (χ0n) is 18.1. The van der Waals surface area contributed by atoms with Crippen LogP contribution in [-0.4, -0.2) is 80.3 Å². The van der Waals surface area contributed by atoms with Gasteiger partial charge in [-0.2, -0.15) is 9.78 Å². The highest BCUT2D eigenvalue weighted by atomic mass is 79.9. The van der Waals surface area contributed by atoms with Gasteiger partial charge >= 0.3 is 0 Å². The van der Waals surface area contributed by atoms with Crippen LogP contribution in [0.3, 0.4) is 0 Å². The van der Waals surface area contributed by atoms with Crippen LogP contribution in [0.15, 0.2) is 26.3 Å². The summed E-state index contributed by atoms with van der Waals surface area (Å²) >= 11 is 3.27. The lowest BCUT2D eigenvalue weighted by molar-refractivity contribution is 0.0332. The molecule has 4 rings (SSSR count). The molecule has 0 spiro atoms. The summed E-state index contributed by atoms with van der Waals surface area (Å²) in [6, 6.07) is 3.23. The number of morpholine rings is 1. The molecule has 1 aliphatic heterocycles. The number of carbonyl (C=O) groups is 1. The van der Waals surface area contributed by atoms with Gasteiger partial charge in [0.2, 0.25) is 11.6 Å². The van der Waals surface area contributed by atoms with E-state index in [2.05, 4.69) is 56.6 Å². The number of aromatic hydroxyl groups is 1. The third kappa shape index (κ3) is 5.16. The summed E-state index contributed by atoms with van der Waals surface area (Å²) in [5.41, 5.74) is 9.35. The number of rotatable bonds is 8. The van der Waals surface area contributed by atoms with E-state index in [0.717, 1.165) is 0 Å². The van der Waals surface area contributed by atoms with Crippen molar-refractivity contribution >= 4 is 33.9 Å². The molecule has 34 heavy (non-hydrogen) atoms. The summed E-state index contributed by atoms with van der Waals surface area (Å²) in [4.78, 5) is 15.0. The molecule has 0 saturated carbocycles. The standard InChI is InChI=1S/C19H22BrN9O5/c1-2-33-14-8-11(7-12(20)16(14)30)9-22-24-19(31)15-13(10-28-3-5-32-6-4-28)29(27-23-15)18-17(21)25-34-26-18/h7-9,30H,2-6,10H2,1H3,(H2,21,25)(H,24,31)/b22-9-. The van der Waals surface area contributed by atoms with Gasteiger partial charge in [0.05, 0.1) is 36.2 Å². The Morgan fingerprint density at radius 2 is 2.18 bits per heavy atom. The topological polar surface area (TPSA) is 179 Å². The molecule has 180 valence electrons. The lowest BCUT2D eigenvalue weighted by atomic mass is 10.2. The van der Waals surface area contributed by atoms with Crippen molar-refractivity contribution in [1.82, 2.24) is 35.6 Å². The number of nitrogens with one attached hydrogen (secondary N) is 1. The number of hydrogen-bond donors (Lipinski definition) is 3. The van der Waals surface area contributed by atoms with E-state index in [9.17, 15) is 9.90 Å². The first-order valence-corrected chi connectivity index (χ1v) is 11.1. The Morgan fingerprint density at radius 1 is 1.38 bits per heavy atom. The highest BCUT2D eigenvalue weighted by molar-refractivity contribution is 9.10. The molecule has 1 aromatic carbocycles. The van der Waals surface area contributed by atoms with Crippen molar-refractivity contribution in [3.63, 3.8) is 0 Å². The molecule has 1 amide bonds. The largest absolute Gasteiger partial charge is 0.503 e. The summed E-state index contributed by atoms with van der Waals surface area (Å²) in [5.74, 6) is -0.159. The second-order valence-corrected chi connectivity index (χ2v) is 7.99. The Hall–Kier alpha value is -3.56. The molecule has 15 heteroatoms. The fourth-order valence-corrected chi connectivity index (χ4v) is 3.71. The molecular formula is C19H22BrN9O5. The first-order valence-electron chi connectivity index (χ1n) is 10.3. The highest BCUT2D eigenvalue weighted by Crippen LogP contribution is 2.35. The minimum Gasteiger partial charge on any atom is -0.503 e. The molecule has 14 nitrogen and oxygen atoms in total. The van der Waals surface area contributed by atoms with Crippen molar-refractivity contribution in [1.29, 1.82) is 0 Å². The minimum atomic E-state index is -0.580. The molecular weight excluding hydrogens is 514 g/mol. The van der Waals surface area contributed by atoms with Crippen LogP contribution in [0.4, 0.5) is 5.82 Å². The molecule has 0 aliphatic carbocycles. The van der Waals surface area contributed by atoms with Gasteiger partial charge < -0.3 is 20.3 Å². The minimum absolute atomic E-state index is 0.0149. The number of hydrogen-bond acceptors (Lipinski definition) is 12. The van der Waals surface area contributed by atoms with E-state index >= 15 is 0 Å². The average molecular weight is 536 g/mol. The molecule has 0 bridgehead atoms. The molecule has 3 aromatic rings. The van der Waals surface area contributed by atoms with Gasteiger partial charge in [-0.15, -0.1) is 5.10 Å². The number of nitrogen functional groups attached to an aromatic ring is 1. The zero-order valence-corrected chi connectivity index (χ0v) is 19.7. The molecule has 0 atom stereocenters. The smallest absolute Gasteiger partial charge is 0.293 e. The maximum atomic E-state index is 12.9. The molecule has 3 heterocycles. The van der Waals surface area contributed by atoms with Gasteiger partial charge in [-0.25, -0.2) is 10.1 Å². The van der Waals surface area contributed by atoms with E-state index in [1.807, 2.05) is 0 Å². The Morgan fingerprint density at radius 3 is 2.88 bits per heavy atom. The number of amides is 1. The molecule has 2 aromatic heterocycles. The monoisotopic (exact) mass is 535 g/mol. The predicted octanol–water partition coefficient (Wildman–Crippen LogP) is 0.695. The second-order valence-electron chi connectivity index (χ2n) is 7.14. The van der Waals surface area contributed by atoms with Gasteiger partial charge in [0.1, 0.15) is 0 Å². The molecule has 1 saturated heterocycles. The van der Waals surface area contributed by atoms with Crippen molar-refractivity contribution in [3.8, 4) is 17.3 Å². The van der Waals surface area contributed by atoms with E-state index < -0.39 is 5.91 Å². The van der Waals surface area contributed by atoms with Crippen LogP contribution in [0.25, 0.3) is 5.82 Å². The van der Waals surface area contributed by atoms with E-state index in [4.69, 9.17) is 15.2 Å². The van der Waals surface area contributed by atoms with Crippen molar-refractivity contribution in [2.45, 2.75) is 13.5 Å². The number of anilines is 1. The maximum absolute atomic E-state index is 12.9. The van der Waals surface area contributed by atoms with E-state index in [1.54, 1.807) is 19.1 Å². The number of hydrazone groups is 1. The van der Waals surface area contributed by atoms with Gasteiger partial charge in [-0.05, 0) is 50.9 Å². The SMILES string of the molecule is CCOc1cc(/C=N\NC(=O)c2nnn(-c3nonc3N)c2CN2CCOCC2)cc(Br)c1O. The number of carbonyl (C=O) groups excluding carboxylic acids is 1. The van der Waals surface area contributed by atoms with Crippen LogP contribution in [-0.2, 0) is 11.3 Å². The number of nitrogens with zero attached hydrogens (tertiary/aromatic N) is 7. The third-order valence-electron chi connectivity index (χ3n) is 4.88. The van der Waals surface area contributed by atoms with E-state index in [1.165, 1.54) is 10.9 Å². The molecule has 4 N–H and O–H groups in total. The molecule has 0 unspecified atom stereocenters. The maximum Gasteiger partial charge on any atom is 0.293 e. The van der Waals surface area contributed by atoms with Crippen LogP contribution in [0.5, 0.6) is 11.5 Å². The number of phenolic OH excluding ortho intramolecular Hbond substituents is 1. The number of ether oxygens (including phenoxy) is 2. The van der Waals surface area contributed by atoms with Crippen LogP contribution in [0.2, 0.25) is 0 Å². The van der Waals surface area contributed by atoms with Crippen molar-refractivity contribution in [2.24, 2.45) is 5.10 Å². The lowest BCUT2D eigenvalue weighted by Crippen LogP contribution is -2.37. The Bertz CT molecular complexity index is 1190. The van der Waals surface area contributed by atoms with Gasteiger partial charge in [0, 0.05) is 19.6 Å². The van der Waals surface area contributed by atoms with E-state index in [0.29, 0.717) is 60.9 Å². The second kappa shape index (κ2) is 10.6. The first-order chi connectivity index (χ1) is 16.5.